The van der Waals surface area contributed by atoms with Crippen LogP contribution in [0.3, 0.4) is 0 Å². The van der Waals surface area contributed by atoms with E-state index in [9.17, 15) is 14.9 Å². The van der Waals surface area contributed by atoms with Gasteiger partial charge in [-0.25, -0.2) is 0 Å². The van der Waals surface area contributed by atoms with Crippen LogP contribution in [0.1, 0.15) is 16.7 Å². The Hall–Kier alpha value is -4.41. The van der Waals surface area contributed by atoms with Crippen LogP contribution >= 0.6 is 11.6 Å². The van der Waals surface area contributed by atoms with Crippen LogP contribution in [0.2, 0.25) is 5.02 Å². The lowest BCUT2D eigenvalue weighted by Gasteiger charge is -2.12. The first-order valence-electron chi connectivity index (χ1n) is 10.3. The summed E-state index contributed by atoms with van der Waals surface area (Å²) in [6.07, 6.45) is 2.74. The molecule has 0 saturated carbocycles. The fourth-order valence-electron chi connectivity index (χ4n) is 3.25. The van der Waals surface area contributed by atoms with Crippen LogP contribution < -0.4 is 15.6 Å². The number of hydrogen-bond acceptors (Lipinski definition) is 5. The molecular weight excluding hydrogens is 452 g/mol. The van der Waals surface area contributed by atoms with Crippen molar-refractivity contribution < 1.29 is 9.53 Å². The van der Waals surface area contributed by atoms with E-state index in [0.29, 0.717) is 16.4 Å². The van der Waals surface area contributed by atoms with Gasteiger partial charge in [-0.3, -0.25) is 14.0 Å². The van der Waals surface area contributed by atoms with Crippen molar-refractivity contribution in [2.75, 3.05) is 5.32 Å². The zero-order chi connectivity index (χ0) is 24.2. The zero-order valence-electron chi connectivity index (χ0n) is 18.4. The number of carbonyl (C=O) groups is 1. The summed E-state index contributed by atoms with van der Waals surface area (Å²) in [6.45, 7) is 3.74. The smallest absolute Gasteiger partial charge is 0.269 e. The number of nitrogens with one attached hydrogen (secondary N) is 1. The lowest BCUT2D eigenvalue weighted by Crippen LogP contribution is -2.20. The zero-order valence-corrected chi connectivity index (χ0v) is 19.1. The molecule has 0 fully saturated rings. The predicted molar refractivity (Wildman–Crippen MR) is 131 cm³/mol. The number of para-hydroxylation sites is 1. The number of amides is 1. The second-order valence-electron chi connectivity index (χ2n) is 7.54. The SMILES string of the molecule is Cc1ccc(NC(=O)C(C#N)=Cc2c(Oc3ccccc3Cl)nc3c(C)cccn3c2=O)cc1. The monoisotopic (exact) mass is 470 g/mol. The second-order valence-corrected chi connectivity index (χ2v) is 7.95. The first kappa shape index (κ1) is 22.8. The summed E-state index contributed by atoms with van der Waals surface area (Å²) in [6, 6.07) is 19.3. The van der Waals surface area contributed by atoms with Gasteiger partial charge in [0.1, 0.15) is 28.6 Å². The minimum Gasteiger partial charge on any atom is -0.437 e. The molecule has 4 rings (SSSR count). The van der Waals surface area contributed by atoms with Gasteiger partial charge in [0.05, 0.1) is 5.02 Å². The van der Waals surface area contributed by atoms with Gasteiger partial charge in [-0.15, -0.1) is 0 Å². The third-order valence-corrected chi connectivity index (χ3v) is 5.37. The van der Waals surface area contributed by atoms with Crippen LogP contribution in [0.4, 0.5) is 5.69 Å². The maximum absolute atomic E-state index is 13.4. The lowest BCUT2D eigenvalue weighted by atomic mass is 10.1. The van der Waals surface area contributed by atoms with Crippen LogP contribution in [0, 0.1) is 25.2 Å². The Balaban J connectivity index is 1.84. The van der Waals surface area contributed by atoms with E-state index in [1.807, 2.05) is 38.1 Å². The number of fused-ring (bicyclic) bond motifs is 1. The Labute approximate surface area is 200 Å². The number of carbonyl (C=O) groups excluding carboxylic acids is 1. The number of pyridine rings is 1. The van der Waals surface area contributed by atoms with Crippen LogP contribution in [-0.4, -0.2) is 15.3 Å². The van der Waals surface area contributed by atoms with Crippen molar-refractivity contribution in [1.29, 1.82) is 5.26 Å². The summed E-state index contributed by atoms with van der Waals surface area (Å²) >= 11 is 6.23. The molecule has 1 amide bonds. The number of aryl methyl sites for hydroxylation is 2. The van der Waals surface area contributed by atoms with Crippen molar-refractivity contribution >= 4 is 34.9 Å². The molecule has 0 bridgehead atoms. The quantitative estimate of drug-likeness (QED) is 0.315. The van der Waals surface area contributed by atoms with Gasteiger partial charge in [0.25, 0.3) is 11.5 Å². The van der Waals surface area contributed by atoms with Crippen molar-refractivity contribution in [3.8, 4) is 17.7 Å². The van der Waals surface area contributed by atoms with Crippen LogP contribution in [0.5, 0.6) is 11.6 Å². The lowest BCUT2D eigenvalue weighted by molar-refractivity contribution is -0.112. The maximum atomic E-state index is 13.4. The topological polar surface area (TPSA) is 96.5 Å². The van der Waals surface area contributed by atoms with Crippen molar-refractivity contribution in [3.05, 3.63) is 105 Å². The number of hydrogen-bond donors (Lipinski definition) is 1. The van der Waals surface area contributed by atoms with Gasteiger partial charge in [-0.1, -0.05) is 47.5 Å². The Morgan fingerprint density at radius 1 is 1.12 bits per heavy atom. The molecule has 0 aliphatic carbocycles. The fourth-order valence-corrected chi connectivity index (χ4v) is 3.43. The summed E-state index contributed by atoms with van der Waals surface area (Å²) in [7, 11) is 0. The highest BCUT2D eigenvalue weighted by Gasteiger charge is 2.19. The fraction of sp³-hybridized carbons (Fsp3) is 0.0769. The van der Waals surface area contributed by atoms with Crippen LogP contribution in [-0.2, 0) is 4.79 Å². The molecular formula is C26H19ClN4O3. The summed E-state index contributed by atoms with van der Waals surface area (Å²) < 4.78 is 7.24. The third kappa shape index (κ3) is 4.68. The van der Waals surface area contributed by atoms with Gasteiger partial charge < -0.3 is 10.1 Å². The van der Waals surface area contributed by atoms with Gasteiger partial charge in [-0.05, 0) is 55.8 Å². The van der Waals surface area contributed by atoms with Gasteiger partial charge in [0.15, 0.2) is 0 Å². The molecule has 0 radical (unpaired) electrons. The number of benzene rings is 2. The van der Waals surface area contributed by atoms with Crippen molar-refractivity contribution in [1.82, 2.24) is 9.38 Å². The molecule has 34 heavy (non-hydrogen) atoms. The Kier molecular flexibility index (Phi) is 6.44. The van der Waals surface area contributed by atoms with Crippen molar-refractivity contribution in [3.63, 3.8) is 0 Å². The van der Waals surface area contributed by atoms with Gasteiger partial charge >= 0.3 is 0 Å². The Morgan fingerprint density at radius 3 is 2.56 bits per heavy atom. The standard InChI is InChI=1S/C26H19ClN4O3/c1-16-9-11-19(12-10-16)29-24(32)18(15-28)14-20-25(34-22-8-4-3-7-21(22)27)30-23-17(2)6-5-13-31(23)26(20)33/h3-14H,1-2H3,(H,29,32). The molecule has 8 heteroatoms. The molecule has 168 valence electrons. The Morgan fingerprint density at radius 2 is 1.85 bits per heavy atom. The summed E-state index contributed by atoms with van der Waals surface area (Å²) in [4.78, 5) is 30.7. The Bertz CT molecular complexity index is 1530. The summed E-state index contributed by atoms with van der Waals surface area (Å²) in [5, 5.41) is 12.7. The van der Waals surface area contributed by atoms with E-state index in [1.54, 1.807) is 48.7 Å². The average molecular weight is 471 g/mol. The number of nitriles is 1. The van der Waals surface area contributed by atoms with Crippen LogP contribution in [0.25, 0.3) is 11.7 Å². The van der Waals surface area contributed by atoms with Gasteiger partial charge in [-0.2, -0.15) is 10.2 Å². The van der Waals surface area contributed by atoms with Crippen molar-refractivity contribution in [2.45, 2.75) is 13.8 Å². The molecule has 7 nitrogen and oxygen atoms in total. The molecule has 2 aromatic heterocycles. The second kappa shape index (κ2) is 9.61. The van der Waals surface area contributed by atoms with Gasteiger partial charge in [0.2, 0.25) is 5.88 Å². The van der Waals surface area contributed by atoms with E-state index in [2.05, 4.69) is 10.3 Å². The molecule has 0 atom stereocenters. The third-order valence-electron chi connectivity index (χ3n) is 5.06. The van der Waals surface area contributed by atoms with E-state index < -0.39 is 11.5 Å². The number of ether oxygens (including phenoxy) is 1. The predicted octanol–water partition coefficient (Wildman–Crippen LogP) is 5.30. The minimum absolute atomic E-state index is 0.0568. The molecule has 4 aromatic rings. The number of aromatic nitrogens is 2. The van der Waals surface area contributed by atoms with Gasteiger partial charge in [0, 0.05) is 11.9 Å². The number of rotatable bonds is 5. The van der Waals surface area contributed by atoms with E-state index in [-0.39, 0.29) is 22.8 Å². The van der Waals surface area contributed by atoms with Crippen molar-refractivity contribution in [2.24, 2.45) is 0 Å². The maximum Gasteiger partial charge on any atom is 0.269 e. The van der Waals surface area contributed by atoms with E-state index in [0.717, 1.165) is 11.1 Å². The van der Waals surface area contributed by atoms with E-state index in [1.165, 1.54) is 10.5 Å². The highest BCUT2D eigenvalue weighted by molar-refractivity contribution is 6.32. The van der Waals surface area contributed by atoms with E-state index >= 15 is 0 Å². The molecule has 0 saturated heterocycles. The summed E-state index contributed by atoms with van der Waals surface area (Å²) in [5.74, 6) is -0.446. The highest BCUT2D eigenvalue weighted by atomic mass is 35.5. The first-order valence-corrected chi connectivity index (χ1v) is 10.7. The highest BCUT2D eigenvalue weighted by Crippen LogP contribution is 2.30. The molecule has 0 aliphatic heterocycles. The molecule has 1 N–H and O–H groups in total. The largest absolute Gasteiger partial charge is 0.437 e. The minimum atomic E-state index is -0.663. The first-order chi connectivity index (χ1) is 16.4. The number of nitrogens with zero attached hydrogens (tertiary/aromatic N) is 3. The average Bonchev–Trinajstić information content (AvgIpc) is 2.82. The number of halogens is 1. The molecule has 2 heterocycles. The van der Waals surface area contributed by atoms with E-state index in [4.69, 9.17) is 16.3 Å². The molecule has 0 unspecified atom stereocenters. The normalized spacial score (nSPS) is 11.2. The molecule has 0 spiro atoms. The summed E-state index contributed by atoms with van der Waals surface area (Å²) in [5.41, 5.74) is 1.85. The number of anilines is 1. The van der Waals surface area contributed by atoms with Crippen LogP contribution in [0.15, 0.2) is 77.2 Å². The molecule has 0 aliphatic rings. The molecule has 2 aromatic carbocycles.